The minimum atomic E-state index is 0.0274. The molecule has 1 N–H and O–H groups in total. The van der Waals surface area contributed by atoms with Gasteiger partial charge >= 0.3 is 0 Å². The lowest BCUT2D eigenvalue weighted by Gasteiger charge is -2.36. The molecular formula is C21H27N7OS. The molecule has 0 bridgehead atoms. The summed E-state index contributed by atoms with van der Waals surface area (Å²) < 4.78 is 3.50. The normalized spacial score (nSPS) is 19.7. The lowest BCUT2D eigenvalue weighted by molar-refractivity contribution is 0.148. The summed E-state index contributed by atoms with van der Waals surface area (Å²) in [6.07, 6.45) is 9.97. The van der Waals surface area contributed by atoms with Gasteiger partial charge in [0.15, 0.2) is 5.82 Å². The molecule has 1 fully saturated rings. The molecule has 3 aromatic heterocycles. The van der Waals surface area contributed by atoms with Crippen LogP contribution in [0.15, 0.2) is 35.5 Å². The van der Waals surface area contributed by atoms with Crippen LogP contribution in [0.5, 0.6) is 0 Å². The summed E-state index contributed by atoms with van der Waals surface area (Å²) in [6, 6.07) is 4.19. The maximum absolute atomic E-state index is 12.5. The first kappa shape index (κ1) is 19.6. The molecule has 30 heavy (non-hydrogen) atoms. The molecule has 0 amide bonds. The van der Waals surface area contributed by atoms with Crippen LogP contribution in [0, 0.1) is 0 Å². The number of nitrogens with zero attached hydrogens (tertiary/aromatic N) is 6. The highest BCUT2D eigenvalue weighted by Crippen LogP contribution is 2.22. The summed E-state index contributed by atoms with van der Waals surface area (Å²) in [4.78, 5) is 19.5. The maximum atomic E-state index is 12.5. The predicted molar refractivity (Wildman–Crippen MR) is 119 cm³/mol. The lowest BCUT2D eigenvalue weighted by Crippen LogP contribution is -2.46. The summed E-state index contributed by atoms with van der Waals surface area (Å²) in [5.41, 5.74) is 3.24. The molecule has 0 saturated carbocycles. The first-order valence-corrected chi connectivity index (χ1v) is 11.9. The Labute approximate surface area is 179 Å². The highest BCUT2D eigenvalue weighted by atomic mass is 32.2. The second-order valence-electron chi connectivity index (χ2n) is 7.98. The average Bonchev–Trinajstić information content (AvgIpc) is 3.26. The largest absolute Gasteiger partial charge is 0.367 e. The van der Waals surface area contributed by atoms with Gasteiger partial charge in [0, 0.05) is 49.8 Å². The van der Waals surface area contributed by atoms with E-state index in [0.717, 1.165) is 66.6 Å². The number of aryl methyl sites for hydroxylation is 1. The van der Waals surface area contributed by atoms with Gasteiger partial charge < -0.3 is 5.32 Å². The number of hydrogen-bond donors (Lipinski definition) is 1. The Balaban J connectivity index is 1.24. The smallest absolute Gasteiger partial charge is 0.267 e. The summed E-state index contributed by atoms with van der Waals surface area (Å²) >= 11 is 1.88. The Morgan fingerprint density at radius 3 is 3.17 bits per heavy atom. The van der Waals surface area contributed by atoms with E-state index in [1.807, 2.05) is 28.5 Å². The molecule has 0 spiro atoms. The van der Waals surface area contributed by atoms with E-state index in [0.29, 0.717) is 12.6 Å². The van der Waals surface area contributed by atoms with Crippen LogP contribution < -0.4 is 10.9 Å². The van der Waals surface area contributed by atoms with Crippen LogP contribution in [0.1, 0.15) is 30.5 Å². The van der Waals surface area contributed by atoms with Gasteiger partial charge in [-0.05, 0) is 36.8 Å². The molecule has 1 atom stereocenters. The molecule has 1 unspecified atom stereocenters. The number of rotatable bonds is 6. The van der Waals surface area contributed by atoms with Crippen LogP contribution in [0.2, 0.25) is 0 Å². The number of hydrogen-bond acceptors (Lipinski definition) is 7. The monoisotopic (exact) mass is 425 g/mol. The van der Waals surface area contributed by atoms with Crippen LogP contribution in [-0.2, 0) is 18.7 Å². The number of aromatic nitrogens is 5. The molecule has 3 aromatic rings. The summed E-state index contributed by atoms with van der Waals surface area (Å²) in [5.74, 6) is 2.87. The fourth-order valence-electron chi connectivity index (χ4n) is 4.43. The van der Waals surface area contributed by atoms with Crippen LogP contribution in [0.25, 0.3) is 5.52 Å². The van der Waals surface area contributed by atoms with Crippen molar-refractivity contribution in [3.8, 4) is 0 Å². The summed E-state index contributed by atoms with van der Waals surface area (Å²) in [6.45, 7) is 3.39. The minimum absolute atomic E-state index is 0.0274. The van der Waals surface area contributed by atoms with E-state index < -0.39 is 0 Å². The second kappa shape index (κ2) is 8.77. The quantitative estimate of drug-likeness (QED) is 0.647. The summed E-state index contributed by atoms with van der Waals surface area (Å²) in [7, 11) is 0. The van der Waals surface area contributed by atoms with E-state index in [-0.39, 0.29) is 5.56 Å². The van der Waals surface area contributed by atoms with E-state index in [1.165, 1.54) is 12.8 Å². The van der Waals surface area contributed by atoms with Gasteiger partial charge in [-0.2, -0.15) is 22.0 Å². The van der Waals surface area contributed by atoms with Gasteiger partial charge in [-0.15, -0.1) is 0 Å². The fourth-order valence-corrected chi connectivity index (χ4v) is 5.38. The predicted octanol–water partition coefficient (Wildman–Crippen LogP) is 2.04. The van der Waals surface area contributed by atoms with Gasteiger partial charge in [0.2, 0.25) is 0 Å². The molecule has 0 aromatic carbocycles. The van der Waals surface area contributed by atoms with Gasteiger partial charge in [0.1, 0.15) is 5.52 Å². The van der Waals surface area contributed by atoms with Gasteiger partial charge in [-0.25, -0.2) is 14.2 Å². The number of thioether (sulfide) groups is 1. The zero-order valence-electron chi connectivity index (χ0n) is 17.0. The summed E-state index contributed by atoms with van der Waals surface area (Å²) in [5, 5.41) is 12.5. The Morgan fingerprint density at radius 2 is 2.20 bits per heavy atom. The highest BCUT2D eigenvalue weighted by Gasteiger charge is 2.23. The first-order chi connectivity index (χ1) is 14.8. The molecule has 2 aliphatic rings. The number of fused-ring (bicyclic) bond motifs is 2. The van der Waals surface area contributed by atoms with E-state index >= 15 is 0 Å². The Hall–Kier alpha value is -2.39. The molecule has 2 aliphatic heterocycles. The lowest BCUT2D eigenvalue weighted by atomic mass is 10.0. The van der Waals surface area contributed by atoms with Crippen molar-refractivity contribution in [1.82, 2.24) is 29.3 Å². The van der Waals surface area contributed by atoms with Crippen LogP contribution in [0.4, 0.5) is 5.82 Å². The van der Waals surface area contributed by atoms with Gasteiger partial charge in [-0.3, -0.25) is 9.69 Å². The molecule has 0 radical (unpaired) electrons. The van der Waals surface area contributed by atoms with Gasteiger partial charge in [-0.1, -0.05) is 6.42 Å². The number of piperidine rings is 1. The van der Waals surface area contributed by atoms with E-state index in [1.54, 1.807) is 23.1 Å². The van der Waals surface area contributed by atoms with Crippen molar-refractivity contribution in [3.05, 3.63) is 52.3 Å². The second-order valence-corrected chi connectivity index (χ2v) is 9.09. The van der Waals surface area contributed by atoms with Crippen molar-refractivity contribution in [2.24, 2.45) is 0 Å². The molecule has 5 heterocycles. The van der Waals surface area contributed by atoms with Crippen LogP contribution >= 0.6 is 11.8 Å². The van der Waals surface area contributed by atoms with Crippen molar-refractivity contribution >= 4 is 23.1 Å². The fraction of sp³-hybridized carbons (Fsp3) is 0.524. The van der Waals surface area contributed by atoms with E-state index in [9.17, 15) is 4.79 Å². The molecule has 1 saturated heterocycles. The third kappa shape index (κ3) is 4.09. The zero-order chi connectivity index (χ0) is 20.3. The highest BCUT2D eigenvalue weighted by molar-refractivity contribution is 7.98. The van der Waals surface area contributed by atoms with E-state index in [2.05, 4.69) is 25.4 Å². The van der Waals surface area contributed by atoms with Crippen molar-refractivity contribution in [2.45, 2.75) is 44.0 Å². The molecular weight excluding hydrogens is 398 g/mol. The topological polar surface area (TPSA) is 80.4 Å². The van der Waals surface area contributed by atoms with Gasteiger partial charge in [0.25, 0.3) is 5.56 Å². The maximum Gasteiger partial charge on any atom is 0.267 e. The molecule has 5 rings (SSSR count). The first-order valence-electron chi connectivity index (χ1n) is 10.7. The molecule has 8 nitrogen and oxygen atoms in total. The number of anilines is 1. The average molecular weight is 426 g/mol. The standard InChI is InChI=1S/C21H27N7OS/c29-20-13-16-15-30-12-5-18(16)25-28(20)11-10-26-8-2-1-3-17(26)14-23-21-19-4-6-24-27(19)9-7-22-21/h4,6-7,9,13,17H,1-3,5,8,10-12,14-15H2,(H,22,23). The van der Waals surface area contributed by atoms with Crippen LogP contribution in [0.3, 0.4) is 0 Å². The Morgan fingerprint density at radius 1 is 1.23 bits per heavy atom. The van der Waals surface area contributed by atoms with Crippen molar-refractivity contribution in [3.63, 3.8) is 0 Å². The van der Waals surface area contributed by atoms with Crippen LogP contribution in [-0.4, -0.2) is 60.7 Å². The zero-order valence-corrected chi connectivity index (χ0v) is 17.9. The molecule has 0 aliphatic carbocycles. The SMILES string of the molecule is O=c1cc2c(nn1CCN1CCCCC1CNc1nccn3nccc13)CCSC2. The van der Waals surface area contributed by atoms with Crippen molar-refractivity contribution in [2.75, 3.05) is 30.7 Å². The van der Waals surface area contributed by atoms with Crippen molar-refractivity contribution < 1.29 is 0 Å². The Kier molecular flexibility index (Phi) is 5.72. The van der Waals surface area contributed by atoms with Gasteiger partial charge in [0.05, 0.1) is 18.4 Å². The Bertz CT molecular complexity index is 1080. The third-order valence-electron chi connectivity index (χ3n) is 6.08. The molecule has 9 heteroatoms. The third-order valence-corrected chi connectivity index (χ3v) is 7.09. The van der Waals surface area contributed by atoms with Crippen molar-refractivity contribution in [1.29, 1.82) is 0 Å². The minimum Gasteiger partial charge on any atom is -0.367 e. The molecule has 158 valence electrons. The number of likely N-dealkylation sites (tertiary alicyclic amines) is 1. The number of nitrogens with one attached hydrogen (secondary N) is 1. The van der Waals surface area contributed by atoms with E-state index in [4.69, 9.17) is 0 Å².